The van der Waals surface area contributed by atoms with Crippen LogP contribution >= 0.6 is 0 Å². The average Bonchev–Trinajstić information content (AvgIpc) is 2.45. The molecule has 1 aromatic rings. The fraction of sp³-hybridized carbons (Fsp3) is 0.412. The summed E-state index contributed by atoms with van der Waals surface area (Å²) in [6.07, 6.45) is -0.273. The number of ether oxygens (including phenoxy) is 1. The summed E-state index contributed by atoms with van der Waals surface area (Å²) in [4.78, 5) is 22.8. The van der Waals surface area contributed by atoms with E-state index in [1.165, 1.54) is 5.56 Å². The third-order valence-corrected chi connectivity index (χ3v) is 3.11. The smallest absolute Gasteiger partial charge is 0.407 e. The number of nitrogens with one attached hydrogen (secondary N) is 1. The van der Waals surface area contributed by atoms with Gasteiger partial charge in [0.2, 0.25) is 0 Å². The zero-order chi connectivity index (χ0) is 15.8. The number of Topliss-reactive ketones (excluding diaryl/α,β-unsaturated/α-hetero) is 1. The number of allylic oxidation sites excluding steroid dienone is 1. The van der Waals surface area contributed by atoms with Gasteiger partial charge in [0.1, 0.15) is 6.61 Å². The molecule has 4 nitrogen and oxygen atoms in total. The molecule has 1 aromatic carbocycles. The summed E-state index contributed by atoms with van der Waals surface area (Å²) in [7, 11) is 0. The fourth-order valence-electron chi connectivity index (χ4n) is 1.69. The summed E-state index contributed by atoms with van der Waals surface area (Å²) in [6, 6.07) is 7.97. The first-order chi connectivity index (χ1) is 9.90. The zero-order valence-corrected chi connectivity index (χ0v) is 12.9. The Morgan fingerprint density at radius 3 is 2.38 bits per heavy atom. The minimum atomic E-state index is -0.516. The van der Waals surface area contributed by atoms with Crippen molar-refractivity contribution < 1.29 is 14.3 Å². The van der Waals surface area contributed by atoms with Crippen molar-refractivity contribution in [3.05, 3.63) is 47.5 Å². The molecule has 1 N–H and O–H groups in total. The van der Waals surface area contributed by atoms with Crippen LogP contribution in [0.2, 0.25) is 0 Å². The van der Waals surface area contributed by atoms with Crippen LogP contribution in [0.1, 0.15) is 44.2 Å². The maximum Gasteiger partial charge on any atom is 0.407 e. The van der Waals surface area contributed by atoms with Crippen molar-refractivity contribution in [1.29, 1.82) is 0 Å². The van der Waals surface area contributed by atoms with E-state index < -0.39 is 6.09 Å². The molecule has 0 heterocycles. The van der Waals surface area contributed by atoms with Gasteiger partial charge in [-0.15, -0.1) is 0 Å². The molecule has 21 heavy (non-hydrogen) atoms. The Labute approximate surface area is 126 Å². The van der Waals surface area contributed by atoms with Gasteiger partial charge in [-0.3, -0.25) is 4.79 Å². The standard InChI is InChI=1S/C17H23NO3/c1-12(2)15-7-5-14(6-8-15)11-21-17(20)18-10-9-16(19)13(3)4/h5-8,12H,3,9-11H2,1-2,4H3,(H,18,20). The van der Waals surface area contributed by atoms with Gasteiger partial charge < -0.3 is 10.1 Å². The second-order valence-electron chi connectivity index (χ2n) is 5.35. The number of ketones is 1. The number of carbonyl (C=O) groups is 2. The maximum absolute atomic E-state index is 11.5. The number of amides is 1. The van der Waals surface area contributed by atoms with Crippen LogP contribution in [0.25, 0.3) is 0 Å². The SMILES string of the molecule is C=C(C)C(=O)CCNC(=O)OCc1ccc(C(C)C)cc1. The third-order valence-electron chi connectivity index (χ3n) is 3.11. The van der Waals surface area contributed by atoms with Crippen LogP contribution in [-0.4, -0.2) is 18.4 Å². The van der Waals surface area contributed by atoms with E-state index in [-0.39, 0.29) is 25.4 Å². The quantitative estimate of drug-likeness (QED) is 0.781. The minimum absolute atomic E-state index is 0.0559. The van der Waals surface area contributed by atoms with Gasteiger partial charge in [0, 0.05) is 13.0 Å². The second-order valence-corrected chi connectivity index (χ2v) is 5.35. The molecule has 0 saturated heterocycles. The number of rotatable bonds is 7. The number of hydrogen-bond acceptors (Lipinski definition) is 3. The predicted octanol–water partition coefficient (Wildman–Crippen LogP) is 3.57. The van der Waals surface area contributed by atoms with E-state index in [1.54, 1.807) is 6.92 Å². The third kappa shape index (κ3) is 6.25. The Morgan fingerprint density at radius 1 is 1.24 bits per heavy atom. The molecule has 0 saturated carbocycles. The largest absolute Gasteiger partial charge is 0.445 e. The Bertz CT molecular complexity index is 503. The van der Waals surface area contributed by atoms with Crippen molar-refractivity contribution in [2.75, 3.05) is 6.54 Å². The van der Waals surface area contributed by atoms with Crippen molar-refractivity contribution >= 4 is 11.9 Å². The topological polar surface area (TPSA) is 55.4 Å². The summed E-state index contributed by atoms with van der Waals surface area (Å²) >= 11 is 0. The van der Waals surface area contributed by atoms with E-state index in [2.05, 4.69) is 25.7 Å². The summed E-state index contributed by atoms with van der Waals surface area (Å²) < 4.78 is 5.09. The van der Waals surface area contributed by atoms with Crippen LogP contribution in [0, 0.1) is 0 Å². The van der Waals surface area contributed by atoms with Crippen molar-refractivity contribution in [3.8, 4) is 0 Å². The Balaban J connectivity index is 2.29. The molecule has 0 radical (unpaired) electrons. The van der Waals surface area contributed by atoms with Crippen LogP contribution in [0.3, 0.4) is 0 Å². The first-order valence-electron chi connectivity index (χ1n) is 7.08. The highest BCUT2D eigenvalue weighted by Crippen LogP contribution is 2.15. The Hall–Kier alpha value is -2.10. The summed E-state index contributed by atoms with van der Waals surface area (Å²) in [6.45, 7) is 9.95. The van der Waals surface area contributed by atoms with E-state index in [0.29, 0.717) is 11.5 Å². The van der Waals surface area contributed by atoms with Crippen LogP contribution < -0.4 is 5.32 Å². The molecule has 0 unspecified atom stereocenters. The first kappa shape index (κ1) is 17.0. The van der Waals surface area contributed by atoms with Gasteiger partial charge in [0.05, 0.1) is 0 Å². The molecule has 0 aliphatic heterocycles. The Morgan fingerprint density at radius 2 is 1.86 bits per heavy atom. The molecule has 0 atom stereocenters. The van der Waals surface area contributed by atoms with Gasteiger partial charge in [-0.25, -0.2) is 4.79 Å². The van der Waals surface area contributed by atoms with Crippen LogP contribution in [0.5, 0.6) is 0 Å². The van der Waals surface area contributed by atoms with Gasteiger partial charge in [0.25, 0.3) is 0 Å². The van der Waals surface area contributed by atoms with Crippen LogP contribution in [0.4, 0.5) is 4.79 Å². The van der Waals surface area contributed by atoms with Crippen molar-refractivity contribution in [2.45, 2.75) is 39.7 Å². The lowest BCUT2D eigenvalue weighted by molar-refractivity contribution is -0.115. The number of hydrogen-bond donors (Lipinski definition) is 1. The van der Waals surface area contributed by atoms with Crippen molar-refractivity contribution in [3.63, 3.8) is 0 Å². The number of alkyl carbamates (subject to hydrolysis) is 1. The van der Waals surface area contributed by atoms with Crippen molar-refractivity contribution in [2.24, 2.45) is 0 Å². The summed E-state index contributed by atoms with van der Waals surface area (Å²) in [5, 5.41) is 2.55. The van der Waals surface area contributed by atoms with Crippen LogP contribution in [-0.2, 0) is 16.1 Å². The van der Waals surface area contributed by atoms with E-state index >= 15 is 0 Å². The summed E-state index contributed by atoms with van der Waals surface area (Å²) in [5.74, 6) is 0.425. The predicted molar refractivity (Wildman–Crippen MR) is 83.2 cm³/mol. The van der Waals surface area contributed by atoms with E-state index in [4.69, 9.17) is 4.74 Å². The lowest BCUT2D eigenvalue weighted by Crippen LogP contribution is -2.26. The highest BCUT2D eigenvalue weighted by atomic mass is 16.5. The van der Waals surface area contributed by atoms with Crippen LogP contribution in [0.15, 0.2) is 36.4 Å². The molecule has 1 amide bonds. The molecule has 0 bridgehead atoms. The Kier molecular flexibility index (Phi) is 6.66. The molecule has 0 aromatic heterocycles. The monoisotopic (exact) mass is 289 g/mol. The minimum Gasteiger partial charge on any atom is -0.445 e. The van der Waals surface area contributed by atoms with E-state index in [0.717, 1.165) is 5.56 Å². The lowest BCUT2D eigenvalue weighted by atomic mass is 10.0. The summed E-state index contributed by atoms with van der Waals surface area (Å²) in [5.41, 5.74) is 2.68. The molecule has 1 rings (SSSR count). The second kappa shape index (κ2) is 8.25. The molecule has 0 aliphatic rings. The molecule has 4 heteroatoms. The normalized spacial score (nSPS) is 10.3. The maximum atomic E-state index is 11.5. The molecule has 114 valence electrons. The molecular weight excluding hydrogens is 266 g/mol. The van der Waals surface area contributed by atoms with Gasteiger partial charge in [-0.1, -0.05) is 44.7 Å². The van der Waals surface area contributed by atoms with Gasteiger partial charge in [0.15, 0.2) is 5.78 Å². The molecule has 0 spiro atoms. The van der Waals surface area contributed by atoms with Gasteiger partial charge in [-0.2, -0.15) is 0 Å². The fourth-order valence-corrected chi connectivity index (χ4v) is 1.69. The average molecular weight is 289 g/mol. The van der Waals surface area contributed by atoms with E-state index in [9.17, 15) is 9.59 Å². The van der Waals surface area contributed by atoms with Crippen molar-refractivity contribution in [1.82, 2.24) is 5.32 Å². The number of benzene rings is 1. The van der Waals surface area contributed by atoms with Gasteiger partial charge in [-0.05, 0) is 29.5 Å². The highest BCUT2D eigenvalue weighted by Gasteiger charge is 2.06. The molecular formula is C17H23NO3. The van der Waals surface area contributed by atoms with Gasteiger partial charge >= 0.3 is 6.09 Å². The lowest BCUT2D eigenvalue weighted by Gasteiger charge is -2.09. The highest BCUT2D eigenvalue weighted by molar-refractivity contribution is 5.94. The number of carbonyl (C=O) groups excluding carboxylic acids is 2. The zero-order valence-electron chi connectivity index (χ0n) is 12.9. The molecule has 0 aliphatic carbocycles. The van der Waals surface area contributed by atoms with E-state index in [1.807, 2.05) is 24.3 Å². The molecule has 0 fully saturated rings. The first-order valence-corrected chi connectivity index (χ1v) is 7.08.